The van der Waals surface area contributed by atoms with Crippen LogP contribution in [0.3, 0.4) is 0 Å². The zero-order valence-electron chi connectivity index (χ0n) is 16.3. The molecule has 0 saturated carbocycles. The van der Waals surface area contributed by atoms with E-state index in [-0.39, 0.29) is 4.90 Å². The molecule has 0 bridgehead atoms. The number of hydrogen-bond donors (Lipinski definition) is 2. The first-order valence-corrected chi connectivity index (χ1v) is 11.0. The van der Waals surface area contributed by atoms with Gasteiger partial charge in [0, 0.05) is 29.8 Å². The minimum atomic E-state index is -3.48. The number of anilines is 2. The minimum Gasteiger partial charge on any atom is -0.366 e. The van der Waals surface area contributed by atoms with Crippen LogP contribution in [0.15, 0.2) is 84.2 Å². The minimum absolute atomic E-state index is 0.255. The highest BCUT2D eigenvalue weighted by Crippen LogP contribution is 2.27. The second-order valence-electron chi connectivity index (χ2n) is 6.85. The van der Waals surface area contributed by atoms with Gasteiger partial charge < -0.3 is 11.1 Å². The predicted octanol–water partition coefficient (Wildman–Crippen LogP) is 2.90. The van der Waals surface area contributed by atoms with Gasteiger partial charge in [0.05, 0.1) is 15.8 Å². The van der Waals surface area contributed by atoms with Gasteiger partial charge in [0.25, 0.3) is 0 Å². The number of hydrogen-bond acceptors (Lipinski definition) is 7. The summed E-state index contributed by atoms with van der Waals surface area (Å²) in [4.78, 5) is 24.0. The average Bonchev–Trinajstić information content (AvgIpc) is 2.80. The van der Waals surface area contributed by atoms with Gasteiger partial charge in [-0.05, 0) is 54.5 Å². The maximum atomic E-state index is 12.8. The van der Waals surface area contributed by atoms with Crippen LogP contribution in [0.4, 0.5) is 11.6 Å². The van der Waals surface area contributed by atoms with Gasteiger partial charge in [-0.1, -0.05) is 18.2 Å². The molecule has 1 aliphatic carbocycles. The van der Waals surface area contributed by atoms with Crippen molar-refractivity contribution in [1.82, 2.24) is 15.0 Å². The van der Waals surface area contributed by atoms with Gasteiger partial charge in [0.1, 0.15) is 0 Å². The first kappa shape index (κ1) is 20.4. The number of carbonyl (C=O) groups excluding carboxylic acids is 1. The van der Waals surface area contributed by atoms with E-state index in [0.29, 0.717) is 29.3 Å². The average molecular weight is 433 g/mol. The quantitative estimate of drug-likeness (QED) is 0.612. The fraction of sp³-hybridized carbons (Fsp3) is 0.0909. The van der Waals surface area contributed by atoms with Crippen LogP contribution in [0.2, 0.25) is 0 Å². The third-order valence-electron chi connectivity index (χ3n) is 4.81. The van der Waals surface area contributed by atoms with E-state index < -0.39 is 21.0 Å². The monoisotopic (exact) mass is 433 g/mol. The van der Waals surface area contributed by atoms with Gasteiger partial charge in [0.2, 0.25) is 11.9 Å². The number of sulfone groups is 1. The van der Waals surface area contributed by atoms with Crippen molar-refractivity contribution in [2.75, 3.05) is 5.32 Å². The number of nitrogens with zero attached hydrogens (tertiary/aromatic N) is 3. The predicted molar refractivity (Wildman–Crippen MR) is 117 cm³/mol. The first-order valence-electron chi connectivity index (χ1n) is 9.46. The smallest absolute Gasteiger partial charge is 0.248 e. The number of allylic oxidation sites excluding steroid dienone is 3. The number of benzene rings is 1. The van der Waals surface area contributed by atoms with Gasteiger partial charge in [-0.15, -0.1) is 0 Å². The summed E-state index contributed by atoms with van der Waals surface area (Å²) in [6.45, 7) is 0. The summed E-state index contributed by atoms with van der Waals surface area (Å²) in [5.74, 6) is -0.116. The highest BCUT2D eigenvalue weighted by Gasteiger charge is 2.26. The molecule has 1 aliphatic rings. The molecule has 3 N–H and O–H groups in total. The number of rotatable bonds is 6. The van der Waals surface area contributed by atoms with Crippen molar-refractivity contribution in [2.24, 2.45) is 5.73 Å². The van der Waals surface area contributed by atoms with Crippen LogP contribution in [0, 0.1) is 0 Å². The molecular formula is C22H19N5O3S. The molecule has 1 amide bonds. The molecule has 8 nitrogen and oxygen atoms in total. The van der Waals surface area contributed by atoms with Crippen LogP contribution >= 0.6 is 0 Å². The third-order valence-corrected chi connectivity index (χ3v) is 6.89. The molecule has 0 spiro atoms. The maximum absolute atomic E-state index is 12.8. The Labute approximate surface area is 179 Å². The van der Waals surface area contributed by atoms with E-state index in [2.05, 4.69) is 20.3 Å². The van der Waals surface area contributed by atoms with Crippen molar-refractivity contribution >= 4 is 33.0 Å². The Morgan fingerprint density at radius 3 is 2.42 bits per heavy atom. The zero-order chi connectivity index (χ0) is 21.8. The molecule has 1 atom stereocenters. The van der Waals surface area contributed by atoms with E-state index in [1.807, 2.05) is 6.08 Å². The van der Waals surface area contributed by atoms with Gasteiger partial charge >= 0.3 is 0 Å². The lowest BCUT2D eigenvalue weighted by Crippen LogP contribution is -2.20. The van der Waals surface area contributed by atoms with E-state index in [1.165, 1.54) is 24.5 Å². The number of primary amides is 1. The molecule has 0 saturated heterocycles. The van der Waals surface area contributed by atoms with Crippen molar-refractivity contribution in [1.29, 1.82) is 0 Å². The van der Waals surface area contributed by atoms with Gasteiger partial charge in [-0.3, -0.25) is 9.78 Å². The molecule has 0 aliphatic heterocycles. The van der Waals surface area contributed by atoms with Crippen molar-refractivity contribution in [2.45, 2.75) is 16.6 Å². The van der Waals surface area contributed by atoms with E-state index in [0.717, 1.165) is 5.57 Å². The molecule has 31 heavy (non-hydrogen) atoms. The molecule has 1 aromatic carbocycles. The fourth-order valence-electron chi connectivity index (χ4n) is 3.15. The van der Waals surface area contributed by atoms with E-state index in [1.54, 1.807) is 48.7 Å². The Morgan fingerprint density at radius 2 is 1.77 bits per heavy atom. The Bertz CT molecular complexity index is 1270. The molecular weight excluding hydrogens is 414 g/mol. The Morgan fingerprint density at radius 1 is 1.03 bits per heavy atom. The van der Waals surface area contributed by atoms with Crippen LogP contribution in [0.1, 0.15) is 22.5 Å². The molecule has 156 valence electrons. The summed E-state index contributed by atoms with van der Waals surface area (Å²) in [5, 5.41) is 2.44. The summed E-state index contributed by atoms with van der Waals surface area (Å²) in [5.41, 5.74) is 7.85. The molecule has 0 radical (unpaired) electrons. The number of amides is 1. The van der Waals surface area contributed by atoms with E-state index in [4.69, 9.17) is 5.73 Å². The first-order chi connectivity index (χ1) is 14.9. The lowest BCUT2D eigenvalue weighted by atomic mass is 10.0. The van der Waals surface area contributed by atoms with Crippen LogP contribution in [-0.4, -0.2) is 34.5 Å². The van der Waals surface area contributed by atoms with Crippen LogP contribution < -0.4 is 11.1 Å². The summed E-state index contributed by atoms with van der Waals surface area (Å²) < 4.78 is 25.6. The summed E-state index contributed by atoms with van der Waals surface area (Å²) in [6, 6.07) is 11.4. The second-order valence-corrected chi connectivity index (χ2v) is 9.02. The highest BCUT2D eigenvalue weighted by atomic mass is 32.2. The molecule has 2 heterocycles. The van der Waals surface area contributed by atoms with Crippen LogP contribution in [-0.2, 0) is 9.84 Å². The lowest BCUT2D eigenvalue weighted by Gasteiger charge is -2.17. The molecule has 3 aromatic rings. The number of nitrogens with two attached hydrogens (primary N) is 1. The maximum Gasteiger partial charge on any atom is 0.248 e. The number of nitrogens with one attached hydrogen (secondary N) is 1. The van der Waals surface area contributed by atoms with Gasteiger partial charge in [0.15, 0.2) is 9.84 Å². The van der Waals surface area contributed by atoms with Crippen molar-refractivity contribution in [3.05, 3.63) is 90.5 Å². The number of pyridine rings is 1. The summed E-state index contributed by atoms with van der Waals surface area (Å²) >= 11 is 0. The summed E-state index contributed by atoms with van der Waals surface area (Å²) in [6.07, 6.45) is 10.2. The van der Waals surface area contributed by atoms with E-state index in [9.17, 15) is 13.2 Å². The third kappa shape index (κ3) is 4.51. The Kier molecular flexibility index (Phi) is 5.59. The standard InChI is InChI=1S/C22H19N5O3S/c23-21(28)16-1-5-17(6-2-16)26-22-25-14-11-20(27-22)15-3-7-18(8-4-15)31(29,30)19-9-12-24-13-10-19/h1-7,9-14,18H,8H2,(H2,23,28)(H,25,26,27). The lowest BCUT2D eigenvalue weighted by molar-refractivity contribution is 0.100. The molecule has 2 aromatic heterocycles. The molecule has 0 fully saturated rings. The van der Waals surface area contributed by atoms with E-state index >= 15 is 0 Å². The van der Waals surface area contributed by atoms with Crippen LogP contribution in [0.5, 0.6) is 0 Å². The zero-order valence-corrected chi connectivity index (χ0v) is 17.2. The number of aromatic nitrogens is 3. The van der Waals surface area contributed by atoms with Gasteiger partial charge in [-0.2, -0.15) is 0 Å². The Balaban J connectivity index is 1.49. The largest absolute Gasteiger partial charge is 0.366 e. The molecule has 1 unspecified atom stereocenters. The fourth-order valence-corrected chi connectivity index (χ4v) is 4.64. The second kappa shape index (κ2) is 8.49. The molecule has 4 rings (SSSR count). The van der Waals surface area contributed by atoms with Gasteiger partial charge in [-0.25, -0.2) is 18.4 Å². The number of carbonyl (C=O) groups is 1. The van der Waals surface area contributed by atoms with Crippen molar-refractivity contribution < 1.29 is 13.2 Å². The topological polar surface area (TPSA) is 128 Å². The Hall–Kier alpha value is -3.85. The summed E-state index contributed by atoms with van der Waals surface area (Å²) in [7, 11) is -3.48. The molecule has 9 heteroatoms. The normalized spacial score (nSPS) is 15.9. The van der Waals surface area contributed by atoms with Crippen LogP contribution in [0.25, 0.3) is 5.57 Å². The van der Waals surface area contributed by atoms with Crippen molar-refractivity contribution in [3.8, 4) is 0 Å². The van der Waals surface area contributed by atoms with Crippen molar-refractivity contribution in [3.63, 3.8) is 0 Å². The highest BCUT2D eigenvalue weighted by molar-refractivity contribution is 7.92. The SMILES string of the molecule is NC(=O)c1ccc(Nc2nccc(C3=CCC(S(=O)(=O)c4ccncc4)C=C3)n2)cc1.